The molecular formula is C17H33N. The van der Waals surface area contributed by atoms with Crippen LogP contribution in [0.25, 0.3) is 0 Å². The molecule has 106 valence electrons. The zero-order valence-corrected chi connectivity index (χ0v) is 12.4. The van der Waals surface area contributed by atoms with Crippen molar-refractivity contribution < 1.29 is 0 Å². The van der Waals surface area contributed by atoms with E-state index < -0.39 is 0 Å². The number of hydrogen-bond acceptors (Lipinski definition) is 1. The van der Waals surface area contributed by atoms with Crippen molar-refractivity contribution >= 4 is 0 Å². The van der Waals surface area contributed by atoms with Crippen LogP contribution in [0, 0.1) is 5.92 Å². The van der Waals surface area contributed by atoms with Gasteiger partial charge in [0.15, 0.2) is 0 Å². The first-order chi connectivity index (χ1) is 8.88. The van der Waals surface area contributed by atoms with Crippen LogP contribution < -0.4 is 5.32 Å². The first kappa shape index (κ1) is 15.8. The molecule has 1 rings (SSSR count). The van der Waals surface area contributed by atoms with E-state index in [-0.39, 0.29) is 0 Å². The molecule has 0 spiro atoms. The highest BCUT2D eigenvalue weighted by atomic mass is 14.9. The van der Waals surface area contributed by atoms with E-state index in [4.69, 9.17) is 0 Å². The Balaban J connectivity index is 2.22. The van der Waals surface area contributed by atoms with Crippen molar-refractivity contribution in [3.05, 3.63) is 12.7 Å². The predicted octanol–water partition coefficient (Wildman–Crippen LogP) is 5.07. The minimum atomic E-state index is 0.800. The topological polar surface area (TPSA) is 12.0 Å². The molecule has 1 N–H and O–H groups in total. The van der Waals surface area contributed by atoms with E-state index in [0.717, 1.165) is 12.0 Å². The molecule has 0 bridgehead atoms. The lowest BCUT2D eigenvalue weighted by Gasteiger charge is -2.31. The van der Waals surface area contributed by atoms with Gasteiger partial charge in [0.05, 0.1) is 0 Å². The molecule has 0 aliphatic heterocycles. The Morgan fingerprint density at radius 1 is 1.17 bits per heavy atom. The van der Waals surface area contributed by atoms with Crippen molar-refractivity contribution in [2.45, 2.75) is 83.6 Å². The minimum Gasteiger partial charge on any atom is -0.314 e. The Morgan fingerprint density at radius 2 is 1.94 bits per heavy atom. The zero-order chi connectivity index (χ0) is 13.1. The van der Waals surface area contributed by atoms with Gasteiger partial charge in [0.2, 0.25) is 0 Å². The van der Waals surface area contributed by atoms with Crippen molar-refractivity contribution in [2.24, 2.45) is 5.92 Å². The largest absolute Gasteiger partial charge is 0.314 e. The van der Waals surface area contributed by atoms with Crippen LogP contribution in [-0.2, 0) is 0 Å². The van der Waals surface area contributed by atoms with Gasteiger partial charge in [0.25, 0.3) is 0 Å². The Hall–Kier alpha value is -0.300. The van der Waals surface area contributed by atoms with Crippen LogP contribution in [0.4, 0.5) is 0 Å². The van der Waals surface area contributed by atoms with Crippen LogP contribution >= 0.6 is 0 Å². The van der Waals surface area contributed by atoms with Crippen molar-refractivity contribution in [3.8, 4) is 0 Å². The fourth-order valence-corrected chi connectivity index (χ4v) is 3.20. The molecule has 1 saturated carbocycles. The minimum absolute atomic E-state index is 0.800. The summed E-state index contributed by atoms with van der Waals surface area (Å²) in [6.07, 6.45) is 17.3. The molecule has 18 heavy (non-hydrogen) atoms. The van der Waals surface area contributed by atoms with Gasteiger partial charge in [-0.25, -0.2) is 0 Å². The maximum absolute atomic E-state index is 3.81. The number of allylic oxidation sites excluding steroid dienone is 1. The summed E-state index contributed by atoms with van der Waals surface area (Å²) in [5.41, 5.74) is 0. The lowest BCUT2D eigenvalue weighted by atomic mass is 9.82. The molecule has 0 aromatic rings. The molecule has 0 saturated heterocycles. The van der Waals surface area contributed by atoms with Crippen LogP contribution in [0.3, 0.4) is 0 Å². The molecule has 1 aliphatic carbocycles. The quantitative estimate of drug-likeness (QED) is 0.422. The van der Waals surface area contributed by atoms with Crippen LogP contribution in [0.1, 0.15) is 77.6 Å². The lowest BCUT2D eigenvalue weighted by Crippen LogP contribution is -2.37. The fourth-order valence-electron chi connectivity index (χ4n) is 3.20. The number of hydrogen-bond donors (Lipinski definition) is 1. The standard InChI is InChI=1S/C17H33N/c1-3-5-6-7-11-14-17(18-15-4-2)16-12-9-8-10-13-16/h3,16-18H,1,4-15H2,2H3. The fraction of sp³-hybridized carbons (Fsp3) is 0.882. The first-order valence-electron chi connectivity index (χ1n) is 8.22. The normalized spacial score (nSPS) is 18.7. The molecule has 0 amide bonds. The molecular weight excluding hydrogens is 218 g/mol. The second kappa shape index (κ2) is 10.6. The summed E-state index contributed by atoms with van der Waals surface area (Å²) >= 11 is 0. The molecule has 1 aliphatic rings. The molecule has 0 aromatic carbocycles. The third kappa shape index (κ3) is 6.58. The Kier molecular flexibility index (Phi) is 9.28. The van der Waals surface area contributed by atoms with Crippen molar-refractivity contribution in [1.82, 2.24) is 5.32 Å². The molecule has 1 fully saturated rings. The summed E-state index contributed by atoms with van der Waals surface area (Å²) in [5, 5.41) is 3.81. The summed E-state index contributed by atoms with van der Waals surface area (Å²) < 4.78 is 0. The van der Waals surface area contributed by atoms with Gasteiger partial charge in [-0.2, -0.15) is 0 Å². The van der Waals surface area contributed by atoms with Crippen molar-refractivity contribution in [2.75, 3.05) is 6.54 Å². The van der Waals surface area contributed by atoms with E-state index in [2.05, 4.69) is 18.8 Å². The Labute approximate surface area is 114 Å². The second-order valence-electron chi connectivity index (χ2n) is 5.89. The van der Waals surface area contributed by atoms with E-state index in [0.29, 0.717) is 0 Å². The summed E-state index contributed by atoms with van der Waals surface area (Å²) in [6, 6.07) is 0.800. The van der Waals surface area contributed by atoms with Gasteiger partial charge in [0.1, 0.15) is 0 Å². The van der Waals surface area contributed by atoms with Crippen LogP contribution in [-0.4, -0.2) is 12.6 Å². The maximum Gasteiger partial charge on any atom is 0.00953 e. The highest BCUT2D eigenvalue weighted by Gasteiger charge is 2.22. The summed E-state index contributed by atoms with van der Waals surface area (Å²) in [5.74, 6) is 0.963. The molecule has 1 heteroatoms. The number of unbranched alkanes of at least 4 members (excludes halogenated alkanes) is 3. The maximum atomic E-state index is 3.81. The van der Waals surface area contributed by atoms with Gasteiger partial charge in [-0.15, -0.1) is 6.58 Å². The van der Waals surface area contributed by atoms with E-state index in [9.17, 15) is 0 Å². The van der Waals surface area contributed by atoms with Gasteiger partial charge in [-0.05, 0) is 51.0 Å². The Bertz CT molecular complexity index is 194. The highest BCUT2D eigenvalue weighted by Crippen LogP contribution is 2.28. The molecule has 0 radical (unpaired) electrons. The SMILES string of the molecule is C=CCCCCCC(NCCC)C1CCCCC1. The smallest absolute Gasteiger partial charge is 0.00953 e. The third-order valence-electron chi connectivity index (χ3n) is 4.30. The van der Waals surface area contributed by atoms with Gasteiger partial charge in [-0.1, -0.05) is 45.1 Å². The van der Waals surface area contributed by atoms with Crippen LogP contribution in [0.15, 0.2) is 12.7 Å². The average Bonchev–Trinajstić information content (AvgIpc) is 2.43. The van der Waals surface area contributed by atoms with E-state index in [1.807, 2.05) is 6.08 Å². The molecule has 1 atom stereocenters. The summed E-state index contributed by atoms with van der Waals surface area (Å²) in [4.78, 5) is 0. The van der Waals surface area contributed by atoms with Crippen molar-refractivity contribution in [1.29, 1.82) is 0 Å². The molecule has 1 unspecified atom stereocenters. The number of rotatable bonds is 10. The highest BCUT2D eigenvalue weighted by molar-refractivity contribution is 4.79. The van der Waals surface area contributed by atoms with E-state index >= 15 is 0 Å². The molecule has 0 aromatic heterocycles. The van der Waals surface area contributed by atoms with Gasteiger partial charge >= 0.3 is 0 Å². The Morgan fingerprint density at radius 3 is 2.61 bits per heavy atom. The molecule has 0 heterocycles. The molecule has 1 nitrogen and oxygen atoms in total. The van der Waals surface area contributed by atoms with Gasteiger partial charge in [0, 0.05) is 6.04 Å². The second-order valence-corrected chi connectivity index (χ2v) is 5.89. The first-order valence-corrected chi connectivity index (χ1v) is 8.22. The summed E-state index contributed by atoms with van der Waals surface area (Å²) in [7, 11) is 0. The van der Waals surface area contributed by atoms with Crippen LogP contribution in [0.5, 0.6) is 0 Å². The average molecular weight is 251 g/mol. The van der Waals surface area contributed by atoms with Gasteiger partial charge < -0.3 is 5.32 Å². The van der Waals surface area contributed by atoms with Crippen molar-refractivity contribution in [3.63, 3.8) is 0 Å². The van der Waals surface area contributed by atoms with E-state index in [1.165, 1.54) is 77.2 Å². The van der Waals surface area contributed by atoms with Crippen LogP contribution in [0.2, 0.25) is 0 Å². The zero-order valence-electron chi connectivity index (χ0n) is 12.4. The lowest BCUT2D eigenvalue weighted by molar-refractivity contribution is 0.254. The number of nitrogens with one attached hydrogen (secondary N) is 1. The summed E-state index contributed by atoms with van der Waals surface area (Å²) in [6.45, 7) is 7.27. The third-order valence-corrected chi connectivity index (χ3v) is 4.30. The van der Waals surface area contributed by atoms with Gasteiger partial charge in [-0.3, -0.25) is 0 Å². The monoisotopic (exact) mass is 251 g/mol. The van der Waals surface area contributed by atoms with E-state index in [1.54, 1.807) is 0 Å². The predicted molar refractivity (Wildman–Crippen MR) is 81.9 cm³/mol.